The molecule has 0 unspecified atom stereocenters. The standard InChI is InChI=1S/C15H18FNO4/c1-21-13-4-2-10(8-12(13)16)3-5-14(18)17-7-6-11(9-17)15(19)20/h2,4,8,11H,3,5-7,9H2,1H3,(H,19,20)/t11-/m0/s1. The van der Waals surface area contributed by atoms with E-state index in [9.17, 15) is 14.0 Å². The summed E-state index contributed by atoms with van der Waals surface area (Å²) in [5.74, 6) is -1.69. The number of hydrogen-bond acceptors (Lipinski definition) is 3. The third-order valence-electron chi connectivity index (χ3n) is 3.73. The van der Waals surface area contributed by atoms with E-state index in [1.165, 1.54) is 19.2 Å². The zero-order valence-corrected chi connectivity index (χ0v) is 11.8. The Kier molecular flexibility index (Phi) is 4.77. The number of amides is 1. The molecule has 1 N–H and O–H groups in total. The van der Waals surface area contributed by atoms with E-state index in [1.807, 2.05) is 0 Å². The number of benzene rings is 1. The van der Waals surface area contributed by atoms with Crippen molar-refractivity contribution in [1.82, 2.24) is 4.90 Å². The number of aliphatic carboxylic acids is 1. The van der Waals surface area contributed by atoms with Crippen LogP contribution in [0.2, 0.25) is 0 Å². The van der Waals surface area contributed by atoms with Gasteiger partial charge in [0.1, 0.15) is 0 Å². The smallest absolute Gasteiger partial charge is 0.308 e. The van der Waals surface area contributed by atoms with Crippen molar-refractivity contribution < 1.29 is 23.8 Å². The Balaban J connectivity index is 1.87. The average Bonchev–Trinajstić information content (AvgIpc) is 2.95. The van der Waals surface area contributed by atoms with Crippen LogP contribution in [-0.4, -0.2) is 42.1 Å². The molecule has 0 spiro atoms. The van der Waals surface area contributed by atoms with E-state index < -0.39 is 17.7 Å². The summed E-state index contributed by atoms with van der Waals surface area (Å²) in [5.41, 5.74) is 0.718. The first-order valence-corrected chi connectivity index (χ1v) is 6.84. The maximum atomic E-state index is 13.5. The third-order valence-corrected chi connectivity index (χ3v) is 3.73. The fourth-order valence-corrected chi connectivity index (χ4v) is 2.46. The molecule has 21 heavy (non-hydrogen) atoms. The quantitative estimate of drug-likeness (QED) is 0.898. The molecule has 1 saturated heterocycles. The molecule has 0 saturated carbocycles. The van der Waals surface area contributed by atoms with Gasteiger partial charge in [0.2, 0.25) is 5.91 Å². The highest BCUT2D eigenvalue weighted by Crippen LogP contribution is 2.20. The van der Waals surface area contributed by atoms with Crippen molar-refractivity contribution in [2.24, 2.45) is 5.92 Å². The van der Waals surface area contributed by atoms with E-state index >= 15 is 0 Å². The molecular weight excluding hydrogens is 277 g/mol. The van der Waals surface area contributed by atoms with E-state index in [-0.39, 0.29) is 24.6 Å². The second-order valence-corrected chi connectivity index (χ2v) is 5.13. The van der Waals surface area contributed by atoms with Gasteiger partial charge in [-0.25, -0.2) is 4.39 Å². The predicted octanol–water partition coefficient (Wildman–Crippen LogP) is 1.70. The van der Waals surface area contributed by atoms with Gasteiger partial charge in [-0.1, -0.05) is 6.07 Å². The lowest BCUT2D eigenvalue weighted by Gasteiger charge is -2.15. The van der Waals surface area contributed by atoms with Crippen LogP contribution < -0.4 is 4.74 Å². The molecule has 1 aliphatic heterocycles. The highest BCUT2D eigenvalue weighted by atomic mass is 19.1. The first kappa shape index (κ1) is 15.3. The van der Waals surface area contributed by atoms with Crippen LogP contribution in [0, 0.1) is 11.7 Å². The van der Waals surface area contributed by atoms with Crippen LogP contribution in [0.4, 0.5) is 4.39 Å². The van der Waals surface area contributed by atoms with Crippen molar-refractivity contribution >= 4 is 11.9 Å². The summed E-state index contributed by atoms with van der Waals surface area (Å²) in [5, 5.41) is 8.91. The van der Waals surface area contributed by atoms with E-state index in [0.717, 1.165) is 5.56 Å². The molecule has 0 aliphatic carbocycles. The van der Waals surface area contributed by atoms with Crippen molar-refractivity contribution in [3.63, 3.8) is 0 Å². The van der Waals surface area contributed by atoms with Gasteiger partial charge in [-0.05, 0) is 30.5 Å². The number of carboxylic acid groups (broad SMARTS) is 1. The minimum atomic E-state index is -0.859. The molecule has 0 bridgehead atoms. The molecule has 2 rings (SSSR count). The average molecular weight is 295 g/mol. The number of carboxylic acids is 1. The van der Waals surface area contributed by atoms with Gasteiger partial charge in [0.05, 0.1) is 13.0 Å². The number of rotatable bonds is 5. The molecule has 1 aliphatic rings. The lowest BCUT2D eigenvalue weighted by molar-refractivity contribution is -0.141. The van der Waals surface area contributed by atoms with Gasteiger partial charge in [0, 0.05) is 19.5 Å². The summed E-state index contributed by atoms with van der Waals surface area (Å²) in [6.45, 7) is 0.748. The van der Waals surface area contributed by atoms with Crippen molar-refractivity contribution in [3.8, 4) is 5.75 Å². The highest BCUT2D eigenvalue weighted by molar-refractivity contribution is 5.78. The molecule has 0 aromatic heterocycles. The van der Waals surface area contributed by atoms with Crippen LogP contribution in [0.5, 0.6) is 5.75 Å². The molecule has 1 amide bonds. The van der Waals surface area contributed by atoms with Crippen molar-refractivity contribution in [3.05, 3.63) is 29.6 Å². The maximum absolute atomic E-state index is 13.5. The molecule has 1 aromatic carbocycles. The van der Waals surface area contributed by atoms with Crippen LogP contribution in [0.15, 0.2) is 18.2 Å². The summed E-state index contributed by atoms with van der Waals surface area (Å²) in [7, 11) is 1.40. The van der Waals surface area contributed by atoms with E-state index in [1.54, 1.807) is 11.0 Å². The molecule has 5 nitrogen and oxygen atoms in total. The molecular formula is C15H18FNO4. The van der Waals surface area contributed by atoms with Crippen LogP contribution in [0.3, 0.4) is 0 Å². The fraction of sp³-hybridized carbons (Fsp3) is 0.467. The molecule has 114 valence electrons. The Morgan fingerprint density at radius 1 is 1.48 bits per heavy atom. The summed E-state index contributed by atoms with van der Waals surface area (Å²) in [6, 6.07) is 4.61. The lowest BCUT2D eigenvalue weighted by Crippen LogP contribution is -2.30. The van der Waals surface area contributed by atoms with E-state index in [0.29, 0.717) is 19.4 Å². The number of nitrogens with zero attached hydrogens (tertiary/aromatic N) is 1. The van der Waals surface area contributed by atoms with Crippen LogP contribution in [0.25, 0.3) is 0 Å². The lowest BCUT2D eigenvalue weighted by atomic mass is 10.1. The first-order chi connectivity index (χ1) is 10.0. The van der Waals surface area contributed by atoms with Crippen LogP contribution >= 0.6 is 0 Å². The Morgan fingerprint density at radius 2 is 2.24 bits per heavy atom. The highest BCUT2D eigenvalue weighted by Gasteiger charge is 2.30. The normalized spacial score (nSPS) is 17.8. The molecule has 6 heteroatoms. The molecule has 1 aromatic rings. The zero-order chi connectivity index (χ0) is 15.4. The molecule has 1 heterocycles. The summed E-state index contributed by atoms with van der Waals surface area (Å²) < 4.78 is 18.4. The maximum Gasteiger partial charge on any atom is 0.308 e. The number of ether oxygens (including phenoxy) is 1. The molecule has 0 radical (unpaired) electrons. The summed E-state index contributed by atoms with van der Waals surface area (Å²) >= 11 is 0. The Hall–Kier alpha value is -2.11. The van der Waals surface area contributed by atoms with Gasteiger partial charge in [0.15, 0.2) is 11.6 Å². The summed E-state index contributed by atoms with van der Waals surface area (Å²) in [4.78, 5) is 24.4. The van der Waals surface area contributed by atoms with E-state index in [4.69, 9.17) is 9.84 Å². The number of likely N-dealkylation sites (tertiary alicyclic amines) is 1. The fourth-order valence-electron chi connectivity index (χ4n) is 2.46. The Morgan fingerprint density at radius 3 is 2.81 bits per heavy atom. The summed E-state index contributed by atoms with van der Waals surface area (Å²) in [6.07, 6.45) is 1.17. The minimum absolute atomic E-state index is 0.0880. The number of methoxy groups -OCH3 is 1. The largest absolute Gasteiger partial charge is 0.494 e. The zero-order valence-electron chi connectivity index (χ0n) is 11.8. The Bertz CT molecular complexity index is 546. The van der Waals surface area contributed by atoms with Crippen molar-refractivity contribution in [1.29, 1.82) is 0 Å². The number of carbonyl (C=O) groups excluding carboxylic acids is 1. The van der Waals surface area contributed by atoms with Crippen LogP contribution in [-0.2, 0) is 16.0 Å². The molecule has 1 fully saturated rings. The second-order valence-electron chi connectivity index (χ2n) is 5.13. The predicted molar refractivity (Wildman–Crippen MR) is 73.6 cm³/mol. The monoisotopic (exact) mass is 295 g/mol. The number of halogens is 1. The SMILES string of the molecule is COc1ccc(CCC(=O)N2CC[C@H](C(=O)O)C2)cc1F. The second kappa shape index (κ2) is 6.56. The number of carbonyl (C=O) groups is 2. The Labute approximate surface area is 122 Å². The third kappa shape index (κ3) is 3.71. The van der Waals surface area contributed by atoms with Gasteiger partial charge >= 0.3 is 5.97 Å². The number of hydrogen-bond donors (Lipinski definition) is 1. The van der Waals surface area contributed by atoms with Gasteiger partial charge in [0.25, 0.3) is 0 Å². The van der Waals surface area contributed by atoms with Gasteiger partial charge < -0.3 is 14.7 Å². The number of aryl methyl sites for hydroxylation is 1. The van der Waals surface area contributed by atoms with Crippen LogP contribution in [0.1, 0.15) is 18.4 Å². The topological polar surface area (TPSA) is 66.8 Å². The van der Waals surface area contributed by atoms with Gasteiger partial charge in [-0.3, -0.25) is 9.59 Å². The molecule has 1 atom stereocenters. The van der Waals surface area contributed by atoms with Gasteiger partial charge in [-0.15, -0.1) is 0 Å². The first-order valence-electron chi connectivity index (χ1n) is 6.84. The van der Waals surface area contributed by atoms with Crippen molar-refractivity contribution in [2.45, 2.75) is 19.3 Å². The minimum Gasteiger partial charge on any atom is -0.494 e. The van der Waals surface area contributed by atoms with Crippen molar-refractivity contribution in [2.75, 3.05) is 20.2 Å². The van der Waals surface area contributed by atoms with Gasteiger partial charge in [-0.2, -0.15) is 0 Å². The van der Waals surface area contributed by atoms with E-state index in [2.05, 4.69) is 0 Å².